The Balaban J connectivity index is 1.67. The average Bonchev–Trinajstić information content (AvgIpc) is 2.79. The van der Waals surface area contributed by atoms with Crippen molar-refractivity contribution in [1.29, 1.82) is 0 Å². The van der Waals surface area contributed by atoms with E-state index < -0.39 is 5.60 Å². The molecule has 1 aliphatic heterocycles. The molecule has 1 fully saturated rings. The molecule has 1 N–H and O–H groups in total. The molecule has 7 heteroatoms. The predicted molar refractivity (Wildman–Crippen MR) is 131 cm³/mol. The molecule has 0 unspecified atom stereocenters. The van der Waals surface area contributed by atoms with Crippen molar-refractivity contribution in [3.8, 4) is 0 Å². The van der Waals surface area contributed by atoms with E-state index in [0.717, 1.165) is 11.3 Å². The number of amides is 1. The molecule has 3 aromatic carbocycles. The maximum absolute atomic E-state index is 13.4. The van der Waals surface area contributed by atoms with Crippen LogP contribution in [0.25, 0.3) is 0 Å². The van der Waals surface area contributed by atoms with Gasteiger partial charge in [-0.25, -0.2) is 0 Å². The van der Waals surface area contributed by atoms with Gasteiger partial charge < -0.3 is 14.9 Å². The van der Waals surface area contributed by atoms with Crippen LogP contribution >= 0.6 is 34.8 Å². The smallest absolute Gasteiger partial charge is 0.259 e. The molecule has 0 saturated carbocycles. The monoisotopic (exact) mass is 488 g/mol. The van der Waals surface area contributed by atoms with Crippen molar-refractivity contribution in [3.05, 3.63) is 99.0 Å². The Labute approximate surface area is 202 Å². The number of anilines is 1. The van der Waals surface area contributed by atoms with Gasteiger partial charge in [0.2, 0.25) is 0 Å². The number of carbonyl (C=O) groups excluding carboxylic acids is 1. The van der Waals surface area contributed by atoms with Crippen LogP contribution in [0.15, 0.2) is 72.8 Å². The van der Waals surface area contributed by atoms with Crippen molar-refractivity contribution in [2.75, 3.05) is 24.5 Å². The molecule has 1 aliphatic rings. The average molecular weight is 490 g/mol. The molecule has 0 aromatic heterocycles. The third-order valence-corrected chi connectivity index (χ3v) is 6.68. The van der Waals surface area contributed by atoms with Crippen LogP contribution in [-0.4, -0.2) is 35.5 Å². The van der Waals surface area contributed by atoms with Crippen LogP contribution in [0, 0.1) is 0 Å². The van der Waals surface area contributed by atoms with E-state index in [9.17, 15) is 9.90 Å². The molecule has 0 spiro atoms. The van der Waals surface area contributed by atoms with Gasteiger partial charge in [-0.2, -0.15) is 0 Å². The highest BCUT2D eigenvalue weighted by Crippen LogP contribution is 2.37. The molecule has 0 radical (unpaired) electrons. The van der Waals surface area contributed by atoms with Crippen LogP contribution in [0.2, 0.25) is 15.1 Å². The molecule has 2 atom stereocenters. The van der Waals surface area contributed by atoms with Crippen LogP contribution in [-0.2, 0) is 10.4 Å². The normalized spacial score (nSPS) is 18.3. The number of nitrogens with zero attached hydrogens (tertiary/aromatic N) is 2. The lowest BCUT2D eigenvalue weighted by atomic mass is 9.93. The third-order valence-electron chi connectivity index (χ3n) is 5.89. The standard InChI is InChI=1S/C25H23Cl3N2O2/c1-25(32,18-5-3-2-4-6-18)24(31)29-13-14-30(22-12-11-20(27)15-21(22)28)23(16-29)17-7-9-19(26)10-8-17/h2-12,15,23,32H,13-14,16H2,1H3/t23-,25+/m0/s1. The van der Waals surface area contributed by atoms with Gasteiger partial charge >= 0.3 is 0 Å². The Hall–Kier alpha value is -2.24. The molecule has 3 aromatic rings. The van der Waals surface area contributed by atoms with Gasteiger partial charge in [0, 0.05) is 29.7 Å². The van der Waals surface area contributed by atoms with Crippen LogP contribution in [0.5, 0.6) is 0 Å². The van der Waals surface area contributed by atoms with Crippen molar-refractivity contribution in [1.82, 2.24) is 4.90 Å². The van der Waals surface area contributed by atoms with Crippen molar-refractivity contribution < 1.29 is 9.90 Å². The minimum atomic E-state index is -1.62. The number of hydrogen-bond acceptors (Lipinski definition) is 3. The van der Waals surface area contributed by atoms with Crippen LogP contribution < -0.4 is 4.90 Å². The van der Waals surface area contributed by atoms with Gasteiger partial charge in [-0.1, -0.05) is 77.3 Å². The summed E-state index contributed by atoms with van der Waals surface area (Å²) in [7, 11) is 0. The van der Waals surface area contributed by atoms with E-state index in [2.05, 4.69) is 4.90 Å². The number of piperazine rings is 1. The molecule has 1 heterocycles. The van der Waals surface area contributed by atoms with Crippen LogP contribution in [0.3, 0.4) is 0 Å². The highest BCUT2D eigenvalue weighted by Gasteiger charge is 2.40. The number of halogens is 3. The van der Waals surface area contributed by atoms with Gasteiger partial charge in [-0.3, -0.25) is 4.79 Å². The minimum absolute atomic E-state index is 0.171. The van der Waals surface area contributed by atoms with Gasteiger partial charge in [-0.05, 0) is 48.4 Å². The second-order valence-corrected chi connectivity index (χ2v) is 9.33. The van der Waals surface area contributed by atoms with Crippen LogP contribution in [0.1, 0.15) is 24.1 Å². The lowest BCUT2D eigenvalue weighted by molar-refractivity contribution is -0.151. The topological polar surface area (TPSA) is 43.8 Å². The Morgan fingerprint density at radius 3 is 2.25 bits per heavy atom. The SMILES string of the molecule is C[C@](O)(C(=O)N1CCN(c2ccc(Cl)cc2Cl)[C@H](c2ccc(Cl)cc2)C1)c1ccccc1. The summed E-state index contributed by atoms with van der Waals surface area (Å²) in [5, 5.41) is 12.9. The van der Waals surface area contributed by atoms with E-state index in [1.165, 1.54) is 0 Å². The number of benzene rings is 3. The summed E-state index contributed by atoms with van der Waals surface area (Å²) in [5.41, 5.74) is 0.790. The molecule has 32 heavy (non-hydrogen) atoms. The molecule has 0 bridgehead atoms. The minimum Gasteiger partial charge on any atom is -0.376 e. The molecule has 4 nitrogen and oxygen atoms in total. The maximum atomic E-state index is 13.4. The van der Waals surface area contributed by atoms with Crippen LogP contribution in [0.4, 0.5) is 5.69 Å². The first-order valence-corrected chi connectivity index (χ1v) is 11.4. The van der Waals surface area contributed by atoms with Crippen molar-refractivity contribution in [2.24, 2.45) is 0 Å². The molecular formula is C25H23Cl3N2O2. The van der Waals surface area contributed by atoms with E-state index in [-0.39, 0.29) is 11.9 Å². The summed E-state index contributed by atoms with van der Waals surface area (Å²) in [6, 6.07) is 21.8. The molecular weight excluding hydrogens is 467 g/mol. The molecule has 1 saturated heterocycles. The number of rotatable bonds is 4. The Morgan fingerprint density at radius 2 is 1.59 bits per heavy atom. The van der Waals surface area contributed by atoms with Gasteiger partial charge in [-0.15, -0.1) is 0 Å². The van der Waals surface area contributed by atoms with E-state index >= 15 is 0 Å². The first-order chi connectivity index (χ1) is 15.3. The van der Waals surface area contributed by atoms with Crippen molar-refractivity contribution in [2.45, 2.75) is 18.6 Å². The maximum Gasteiger partial charge on any atom is 0.259 e. The summed E-state index contributed by atoms with van der Waals surface area (Å²) < 4.78 is 0. The van der Waals surface area contributed by atoms with E-state index in [1.54, 1.807) is 36.1 Å². The first-order valence-electron chi connectivity index (χ1n) is 10.3. The third kappa shape index (κ3) is 4.60. The van der Waals surface area contributed by atoms with E-state index in [4.69, 9.17) is 34.8 Å². The zero-order valence-corrected chi connectivity index (χ0v) is 19.8. The Kier molecular flexibility index (Phi) is 6.68. The first kappa shape index (κ1) is 22.9. The summed E-state index contributed by atoms with van der Waals surface area (Å²) in [6.07, 6.45) is 0. The molecule has 166 valence electrons. The number of hydrogen-bond donors (Lipinski definition) is 1. The van der Waals surface area contributed by atoms with E-state index in [0.29, 0.717) is 40.3 Å². The Bertz CT molecular complexity index is 1100. The van der Waals surface area contributed by atoms with Gasteiger partial charge in [0.1, 0.15) is 0 Å². The summed E-state index contributed by atoms with van der Waals surface area (Å²) in [5.74, 6) is -0.329. The fraction of sp³-hybridized carbons (Fsp3) is 0.240. The number of carbonyl (C=O) groups is 1. The van der Waals surface area contributed by atoms with Crippen molar-refractivity contribution in [3.63, 3.8) is 0 Å². The summed E-state index contributed by atoms with van der Waals surface area (Å²) >= 11 is 18.7. The zero-order chi connectivity index (χ0) is 22.9. The molecule has 1 amide bonds. The highest BCUT2D eigenvalue weighted by molar-refractivity contribution is 6.36. The largest absolute Gasteiger partial charge is 0.376 e. The predicted octanol–water partition coefficient (Wildman–Crippen LogP) is 5.94. The fourth-order valence-electron chi connectivity index (χ4n) is 4.13. The highest BCUT2D eigenvalue weighted by atomic mass is 35.5. The van der Waals surface area contributed by atoms with Gasteiger partial charge in [0.15, 0.2) is 5.60 Å². The second kappa shape index (κ2) is 9.32. The molecule has 4 rings (SSSR count). The zero-order valence-electron chi connectivity index (χ0n) is 17.5. The lowest BCUT2D eigenvalue weighted by Gasteiger charge is -2.45. The molecule has 0 aliphatic carbocycles. The second-order valence-electron chi connectivity index (χ2n) is 8.05. The van der Waals surface area contributed by atoms with E-state index in [1.807, 2.05) is 48.5 Å². The van der Waals surface area contributed by atoms with Gasteiger partial charge in [0.05, 0.1) is 16.8 Å². The Morgan fingerprint density at radius 1 is 0.938 bits per heavy atom. The quantitative estimate of drug-likeness (QED) is 0.493. The van der Waals surface area contributed by atoms with Gasteiger partial charge in [0.25, 0.3) is 5.91 Å². The number of aliphatic hydroxyl groups is 1. The summed E-state index contributed by atoms with van der Waals surface area (Å²) in [4.78, 5) is 17.3. The summed E-state index contributed by atoms with van der Waals surface area (Å²) in [6.45, 7) is 2.93. The fourth-order valence-corrected chi connectivity index (χ4v) is 4.78. The lowest BCUT2D eigenvalue weighted by Crippen LogP contribution is -2.55. The van der Waals surface area contributed by atoms with Crippen molar-refractivity contribution >= 4 is 46.4 Å².